The summed E-state index contributed by atoms with van der Waals surface area (Å²) in [6.07, 6.45) is 11.7. The smallest absolute Gasteiger partial charge is 0.243 e. The molecule has 6 bridgehead atoms. The molecule has 0 spiro atoms. The minimum atomic E-state index is -0.358. The molecule has 210 valence electrons. The van der Waals surface area contributed by atoms with E-state index in [2.05, 4.69) is 16.4 Å². The molecule has 0 radical (unpaired) electrons. The molecule has 0 saturated carbocycles. The molecule has 1 aliphatic rings. The Labute approximate surface area is 235 Å². The fraction of sp³-hybridized carbons (Fsp3) is 0.355. The van der Waals surface area contributed by atoms with Gasteiger partial charge in [0.1, 0.15) is 5.75 Å². The first-order valence-corrected chi connectivity index (χ1v) is 13.9. The third kappa shape index (κ3) is 9.20. The highest BCUT2D eigenvalue weighted by Crippen LogP contribution is 2.24. The molecule has 1 aromatic heterocycles. The van der Waals surface area contributed by atoms with Crippen LogP contribution in [0.15, 0.2) is 72.9 Å². The second kappa shape index (κ2) is 15.4. The zero-order chi connectivity index (χ0) is 28.0. The number of aromatic nitrogens is 2. The molecular formula is C31H37N5O4. The second-order valence-corrected chi connectivity index (χ2v) is 9.80. The molecule has 2 aromatic carbocycles. The summed E-state index contributed by atoms with van der Waals surface area (Å²) in [7, 11) is 0. The maximum absolute atomic E-state index is 13.2. The number of carbonyl (C=O) groups excluding carboxylic acids is 2. The minimum Gasteiger partial charge on any atom is -0.493 e. The number of anilines is 2. The lowest BCUT2D eigenvalue weighted by atomic mass is 10.1. The summed E-state index contributed by atoms with van der Waals surface area (Å²) in [5.74, 6) is 1.03. The lowest BCUT2D eigenvalue weighted by Crippen LogP contribution is -2.30. The standard InChI is InChI=1S/C31H37N5O4/c37-29(35-39)15-5-2-1-3-6-16-30(38)36-19-7-4-8-20-40-27-14-10-12-25(22-27)28-17-18-32-31(34-28)33-26-13-9-11-24(21-26)23-36/h4,7,9-14,17-18,21-22,39H,1-3,5-6,8,15-16,19-20,23H2,(H,35,37)(H,32,33,34)/b7-4+. The molecule has 3 aromatic rings. The molecule has 2 amide bonds. The largest absolute Gasteiger partial charge is 0.493 e. The number of nitrogens with one attached hydrogen (secondary N) is 2. The Kier molecular flexibility index (Phi) is 11.1. The van der Waals surface area contributed by atoms with Gasteiger partial charge in [-0.05, 0) is 55.2 Å². The first kappa shape index (κ1) is 28.8. The van der Waals surface area contributed by atoms with Gasteiger partial charge in [0.15, 0.2) is 0 Å². The molecule has 3 N–H and O–H groups in total. The van der Waals surface area contributed by atoms with Crippen molar-refractivity contribution in [2.24, 2.45) is 0 Å². The Morgan fingerprint density at radius 3 is 2.67 bits per heavy atom. The van der Waals surface area contributed by atoms with E-state index in [9.17, 15) is 9.59 Å². The Morgan fingerprint density at radius 2 is 1.80 bits per heavy atom. The van der Waals surface area contributed by atoms with Crippen LogP contribution in [0.5, 0.6) is 5.75 Å². The third-order valence-corrected chi connectivity index (χ3v) is 6.66. The SMILES string of the molecule is O=C(CCCCCCCC(=O)N1C/C=C/CCOc2cccc(c2)-c2ccnc(n2)Nc2cccc(c2)C1)NO. The highest BCUT2D eigenvalue weighted by atomic mass is 16.5. The third-order valence-electron chi connectivity index (χ3n) is 6.66. The van der Waals surface area contributed by atoms with Gasteiger partial charge in [-0.25, -0.2) is 15.4 Å². The number of nitrogens with zero attached hydrogens (tertiary/aromatic N) is 3. The molecule has 9 heteroatoms. The summed E-state index contributed by atoms with van der Waals surface area (Å²) < 4.78 is 5.96. The monoisotopic (exact) mass is 543 g/mol. The van der Waals surface area contributed by atoms with Gasteiger partial charge >= 0.3 is 0 Å². The number of ether oxygens (including phenoxy) is 1. The fourth-order valence-electron chi connectivity index (χ4n) is 4.55. The summed E-state index contributed by atoms with van der Waals surface area (Å²) in [4.78, 5) is 35.3. The van der Waals surface area contributed by atoms with E-state index in [4.69, 9.17) is 14.9 Å². The number of amides is 2. The number of hydrogen-bond donors (Lipinski definition) is 3. The number of fused-ring (bicyclic) bond motifs is 7. The summed E-state index contributed by atoms with van der Waals surface area (Å²) in [5.41, 5.74) is 5.28. The van der Waals surface area contributed by atoms with Gasteiger partial charge < -0.3 is 15.0 Å². The van der Waals surface area contributed by atoms with Crippen LogP contribution in [0.1, 0.15) is 56.9 Å². The van der Waals surface area contributed by atoms with Crippen molar-refractivity contribution in [3.05, 3.63) is 78.5 Å². The van der Waals surface area contributed by atoms with Crippen LogP contribution in [0, 0.1) is 0 Å². The van der Waals surface area contributed by atoms with Gasteiger partial charge in [0.25, 0.3) is 0 Å². The van der Waals surface area contributed by atoms with Crippen LogP contribution < -0.4 is 15.5 Å². The van der Waals surface area contributed by atoms with Crippen molar-refractivity contribution < 1.29 is 19.5 Å². The van der Waals surface area contributed by atoms with Crippen molar-refractivity contribution in [3.63, 3.8) is 0 Å². The van der Waals surface area contributed by atoms with E-state index in [1.165, 1.54) is 0 Å². The zero-order valence-electron chi connectivity index (χ0n) is 22.7. The predicted octanol–water partition coefficient (Wildman–Crippen LogP) is 5.79. The highest BCUT2D eigenvalue weighted by Gasteiger charge is 2.14. The molecule has 1 aliphatic heterocycles. The fourth-order valence-corrected chi connectivity index (χ4v) is 4.55. The van der Waals surface area contributed by atoms with E-state index >= 15 is 0 Å². The van der Waals surface area contributed by atoms with Crippen LogP contribution in [0.4, 0.5) is 11.6 Å². The van der Waals surface area contributed by atoms with Gasteiger partial charge in [0.2, 0.25) is 17.8 Å². The molecule has 4 rings (SSSR count). The Morgan fingerprint density at radius 1 is 0.975 bits per heavy atom. The van der Waals surface area contributed by atoms with Crippen LogP contribution in [0.2, 0.25) is 0 Å². The number of carbonyl (C=O) groups is 2. The Bertz CT molecular complexity index is 1300. The first-order chi connectivity index (χ1) is 19.6. The summed E-state index contributed by atoms with van der Waals surface area (Å²) >= 11 is 0. The maximum atomic E-state index is 13.2. The Hall–Kier alpha value is -4.24. The normalized spacial score (nSPS) is 14.2. The molecule has 0 saturated heterocycles. The number of rotatable bonds is 8. The molecule has 40 heavy (non-hydrogen) atoms. The number of hydroxylamine groups is 1. The zero-order valence-corrected chi connectivity index (χ0v) is 22.7. The molecule has 0 unspecified atom stereocenters. The van der Waals surface area contributed by atoms with Gasteiger partial charge in [-0.15, -0.1) is 0 Å². The van der Waals surface area contributed by atoms with Gasteiger partial charge in [-0.1, -0.05) is 55.7 Å². The lowest BCUT2D eigenvalue weighted by molar-refractivity contribution is -0.131. The first-order valence-electron chi connectivity index (χ1n) is 13.9. The van der Waals surface area contributed by atoms with Crippen molar-refractivity contribution in [3.8, 4) is 17.0 Å². The molecule has 2 heterocycles. The van der Waals surface area contributed by atoms with Gasteiger partial charge in [-0.2, -0.15) is 0 Å². The quantitative estimate of drug-likeness (QED) is 0.142. The van der Waals surface area contributed by atoms with Crippen molar-refractivity contribution in [2.45, 2.75) is 57.9 Å². The van der Waals surface area contributed by atoms with E-state index in [-0.39, 0.29) is 11.8 Å². The van der Waals surface area contributed by atoms with Crippen molar-refractivity contribution in [1.29, 1.82) is 0 Å². The average Bonchev–Trinajstić information content (AvgIpc) is 2.97. The van der Waals surface area contributed by atoms with Gasteiger partial charge in [-0.3, -0.25) is 14.8 Å². The van der Waals surface area contributed by atoms with Crippen molar-refractivity contribution in [1.82, 2.24) is 20.3 Å². The molecule has 0 aliphatic carbocycles. The number of benzene rings is 2. The van der Waals surface area contributed by atoms with Crippen molar-refractivity contribution >= 4 is 23.5 Å². The van der Waals surface area contributed by atoms with Crippen LogP contribution >= 0.6 is 0 Å². The number of hydrogen-bond acceptors (Lipinski definition) is 7. The molecule has 9 nitrogen and oxygen atoms in total. The van der Waals surface area contributed by atoms with Crippen LogP contribution in [0.25, 0.3) is 11.3 Å². The molecule has 0 fully saturated rings. The van der Waals surface area contributed by atoms with Crippen LogP contribution in [-0.4, -0.2) is 45.0 Å². The average molecular weight is 544 g/mol. The van der Waals surface area contributed by atoms with E-state index in [0.717, 1.165) is 66.8 Å². The van der Waals surface area contributed by atoms with E-state index in [1.54, 1.807) is 11.7 Å². The lowest BCUT2D eigenvalue weighted by Gasteiger charge is -2.22. The summed E-state index contributed by atoms with van der Waals surface area (Å²) in [6.45, 7) is 1.55. The highest BCUT2D eigenvalue weighted by molar-refractivity contribution is 5.76. The van der Waals surface area contributed by atoms with Crippen LogP contribution in [-0.2, 0) is 16.1 Å². The maximum Gasteiger partial charge on any atom is 0.243 e. The Balaban J connectivity index is 1.42. The van der Waals surface area contributed by atoms with E-state index < -0.39 is 0 Å². The minimum absolute atomic E-state index is 0.112. The predicted molar refractivity (Wildman–Crippen MR) is 154 cm³/mol. The topological polar surface area (TPSA) is 117 Å². The summed E-state index contributed by atoms with van der Waals surface area (Å²) in [6, 6.07) is 17.7. The van der Waals surface area contributed by atoms with E-state index in [1.807, 2.05) is 65.6 Å². The van der Waals surface area contributed by atoms with E-state index in [0.29, 0.717) is 38.5 Å². The summed E-state index contributed by atoms with van der Waals surface area (Å²) in [5, 5.41) is 11.9. The molecule has 0 atom stereocenters. The van der Waals surface area contributed by atoms with Gasteiger partial charge in [0, 0.05) is 43.4 Å². The van der Waals surface area contributed by atoms with Crippen LogP contribution in [0.3, 0.4) is 0 Å². The number of unbranched alkanes of at least 4 members (excludes halogenated alkanes) is 4. The van der Waals surface area contributed by atoms with Gasteiger partial charge in [0.05, 0.1) is 12.3 Å². The second-order valence-electron chi connectivity index (χ2n) is 9.80. The van der Waals surface area contributed by atoms with Crippen molar-refractivity contribution in [2.75, 3.05) is 18.5 Å². The molecular weight excluding hydrogens is 506 g/mol.